The molecular weight excluding hydrogens is 256 g/mol. The van der Waals surface area contributed by atoms with Crippen LogP contribution in [0.2, 0.25) is 0 Å². The number of para-hydroxylation sites is 1. The van der Waals surface area contributed by atoms with Crippen LogP contribution in [0.15, 0.2) is 30.3 Å². The number of benzene rings is 1. The van der Waals surface area contributed by atoms with Crippen LogP contribution in [0.25, 0.3) is 0 Å². The molecule has 0 aliphatic carbocycles. The Balaban J connectivity index is 1.94. The van der Waals surface area contributed by atoms with Gasteiger partial charge in [0.2, 0.25) is 11.8 Å². The van der Waals surface area contributed by atoms with E-state index < -0.39 is 0 Å². The summed E-state index contributed by atoms with van der Waals surface area (Å²) in [6.45, 7) is 2.87. The molecule has 0 bridgehead atoms. The van der Waals surface area contributed by atoms with Gasteiger partial charge in [-0.15, -0.1) is 0 Å². The summed E-state index contributed by atoms with van der Waals surface area (Å²) < 4.78 is 5.06. The summed E-state index contributed by atoms with van der Waals surface area (Å²) in [4.78, 5) is 25.8. The molecular formula is C15H20N2O3. The van der Waals surface area contributed by atoms with Gasteiger partial charge in [0, 0.05) is 25.8 Å². The lowest BCUT2D eigenvalue weighted by molar-refractivity contribution is -0.130. The Hall–Kier alpha value is -1.88. The molecule has 1 aromatic carbocycles. The van der Waals surface area contributed by atoms with Crippen LogP contribution in [-0.2, 0) is 14.3 Å². The number of nitrogens with zero attached hydrogens (tertiary/aromatic N) is 1. The van der Waals surface area contributed by atoms with Crippen LogP contribution < -0.4 is 5.32 Å². The zero-order chi connectivity index (χ0) is 14.5. The Morgan fingerprint density at radius 1 is 1.45 bits per heavy atom. The molecule has 0 spiro atoms. The summed E-state index contributed by atoms with van der Waals surface area (Å²) in [5.74, 6) is -0.374. The van der Waals surface area contributed by atoms with E-state index in [1.807, 2.05) is 37.3 Å². The number of hydrogen-bond acceptors (Lipinski definition) is 3. The van der Waals surface area contributed by atoms with Crippen LogP contribution in [0.4, 0.5) is 5.69 Å². The van der Waals surface area contributed by atoms with Gasteiger partial charge in [0.05, 0.1) is 18.6 Å². The number of hydrogen-bond donors (Lipinski definition) is 1. The molecule has 2 amide bonds. The first-order chi connectivity index (χ1) is 9.61. The summed E-state index contributed by atoms with van der Waals surface area (Å²) in [7, 11) is 1.61. The minimum atomic E-state index is -0.290. The minimum absolute atomic E-state index is 0.00188. The molecule has 2 rings (SSSR count). The Kier molecular flexibility index (Phi) is 4.74. The van der Waals surface area contributed by atoms with E-state index in [-0.39, 0.29) is 30.2 Å². The maximum Gasteiger partial charge on any atom is 0.229 e. The monoisotopic (exact) mass is 276 g/mol. The van der Waals surface area contributed by atoms with E-state index in [1.165, 1.54) is 0 Å². The van der Waals surface area contributed by atoms with Crippen molar-refractivity contribution in [1.82, 2.24) is 4.90 Å². The fourth-order valence-electron chi connectivity index (χ4n) is 2.43. The second kappa shape index (κ2) is 6.52. The summed E-state index contributed by atoms with van der Waals surface area (Å²) in [5.41, 5.74) is 0.758. The molecule has 20 heavy (non-hydrogen) atoms. The number of amides is 2. The summed E-state index contributed by atoms with van der Waals surface area (Å²) in [6, 6.07) is 9.29. The van der Waals surface area contributed by atoms with Crippen LogP contribution in [0.1, 0.15) is 13.3 Å². The minimum Gasteiger partial charge on any atom is -0.383 e. The van der Waals surface area contributed by atoms with E-state index >= 15 is 0 Å². The SMILES string of the molecule is COC[C@H](C)N1C[C@@H](C(=O)Nc2ccccc2)CC1=O. The number of likely N-dealkylation sites (tertiary alicyclic amines) is 1. The maximum absolute atomic E-state index is 12.2. The fraction of sp³-hybridized carbons (Fsp3) is 0.467. The summed E-state index contributed by atoms with van der Waals surface area (Å²) in [5, 5.41) is 2.85. The van der Waals surface area contributed by atoms with E-state index in [0.29, 0.717) is 13.2 Å². The number of methoxy groups -OCH3 is 1. The molecule has 1 heterocycles. The van der Waals surface area contributed by atoms with Gasteiger partial charge in [0.1, 0.15) is 0 Å². The van der Waals surface area contributed by atoms with Crippen molar-refractivity contribution >= 4 is 17.5 Å². The average Bonchev–Trinajstić information content (AvgIpc) is 2.82. The van der Waals surface area contributed by atoms with Gasteiger partial charge in [-0.25, -0.2) is 0 Å². The normalized spacial score (nSPS) is 20.0. The molecule has 0 unspecified atom stereocenters. The number of carbonyl (C=O) groups is 2. The average molecular weight is 276 g/mol. The highest BCUT2D eigenvalue weighted by molar-refractivity contribution is 5.97. The molecule has 1 aromatic rings. The van der Waals surface area contributed by atoms with Crippen LogP contribution in [0.3, 0.4) is 0 Å². The lowest BCUT2D eigenvalue weighted by atomic mass is 10.1. The van der Waals surface area contributed by atoms with E-state index in [0.717, 1.165) is 5.69 Å². The third-order valence-corrected chi connectivity index (χ3v) is 3.51. The summed E-state index contributed by atoms with van der Waals surface area (Å²) >= 11 is 0. The molecule has 0 radical (unpaired) electrons. The van der Waals surface area contributed by atoms with Crippen molar-refractivity contribution in [2.75, 3.05) is 25.6 Å². The van der Waals surface area contributed by atoms with E-state index in [2.05, 4.69) is 5.32 Å². The molecule has 2 atom stereocenters. The molecule has 0 saturated carbocycles. The number of ether oxygens (including phenoxy) is 1. The largest absolute Gasteiger partial charge is 0.383 e. The first kappa shape index (κ1) is 14.5. The van der Waals surface area contributed by atoms with Crippen molar-refractivity contribution in [2.45, 2.75) is 19.4 Å². The lowest BCUT2D eigenvalue weighted by Crippen LogP contribution is -2.38. The van der Waals surface area contributed by atoms with Gasteiger partial charge in [-0.05, 0) is 19.1 Å². The second-order valence-corrected chi connectivity index (χ2v) is 5.11. The first-order valence-electron chi connectivity index (χ1n) is 6.76. The molecule has 1 N–H and O–H groups in total. The second-order valence-electron chi connectivity index (χ2n) is 5.11. The van der Waals surface area contributed by atoms with E-state index in [4.69, 9.17) is 4.74 Å². The number of rotatable bonds is 5. The maximum atomic E-state index is 12.2. The van der Waals surface area contributed by atoms with Crippen LogP contribution >= 0.6 is 0 Å². The standard InChI is InChI=1S/C15H20N2O3/c1-11(10-20-2)17-9-12(8-14(17)18)15(19)16-13-6-4-3-5-7-13/h3-7,11-12H,8-10H2,1-2H3,(H,16,19)/t11-,12-/m0/s1. The van der Waals surface area contributed by atoms with Crippen molar-refractivity contribution in [3.05, 3.63) is 30.3 Å². The van der Waals surface area contributed by atoms with Gasteiger partial charge in [-0.2, -0.15) is 0 Å². The topological polar surface area (TPSA) is 58.6 Å². The molecule has 5 heteroatoms. The zero-order valence-corrected chi connectivity index (χ0v) is 11.8. The Morgan fingerprint density at radius 2 is 2.15 bits per heavy atom. The molecule has 1 fully saturated rings. The van der Waals surface area contributed by atoms with Crippen molar-refractivity contribution in [2.24, 2.45) is 5.92 Å². The molecule has 1 saturated heterocycles. The summed E-state index contributed by atoms with van der Waals surface area (Å²) in [6.07, 6.45) is 0.271. The predicted octanol–water partition coefficient (Wildman–Crippen LogP) is 1.51. The van der Waals surface area contributed by atoms with Gasteiger partial charge in [-0.1, -0.05) is 18.2 Å². The highest BCUT2D eigenvalue weighted by Crippen LogP contribution is 2.22. The van der Waals surface area contributed by atoms with Crippen LogP contribution in [0, 0.1) is 5.92 Å². The van der Waals surface area contributed by atoms with Crippen molar-refractivity contribution in [3.8, 4) is 0 Å². The highest BCUT2D eigenvalue weighted by atomic mass is 16.5. The van der Waals surface area contributed by atoms with Crippen molar-refractivity contribution < 1.29 is 14.3 Å². The Morgan fingerprint density at radius 3 is 2.80 bits per heavy atom. The molecule has 1 aliphatic heterocycles. The van der Waals surface area contributed by atoms with Crippen molar-refractivity contribution in [1.29, 1.82) is 0 Å². The Labute approximate surface area is 118 Å². The van der Waals surface area contributed by atoms with Gasteiger partial charge >= 0.3 is 0 Å². The van der Waals surface area contributed by atoms with Crippen LogP contribution in [-0.4, -0.2) is 43.0 Å². The Bertz CT molecular complexity index is 475. The predicted molar refractivity (Wildman–Crippen MR) is 76.2 cm³/mol. The quantitative estimate of drug-likeness (QED) is 0.887. The smallest absolute Gasteiger partial charge is 0.229 e. The number of anilines is 1. The molecule has 5 nitrogen and oxygen atoms in total. The van der Waals surface area contributed by atoms with Crippen LogP contribution in [0.5, 0.6) is 0 Å². The molecule has 108 valence electrons. The lowest BCUT2D eigenvalue weighted by Gasteiger charge is -2.23. The van der Waals surface area contributed by atoms with E-state index in [1.54, 1.807) is 12.0 Å². The highest BCUT2D eigenvalue weighted by Gasteiger charge is 2.36. The van der Waals surface area contributed by atoms with Gasteiger partial charge in [-0.3, -0.25) is 9.59 Å². The third-order valence-electron chi connectivity index (χ3n) is 3.51. The third kappa shape index (κ3) is 3.36. The first-order valence-corrected chi connectivity index (χ1v) is 6.76. The fourth-order valence-corrected chi connectivity index (χ4v) is 2.43. The van der Waals surface area contributed by atoms with Gasteiger partial charge < -0.3 is 15.0 Å². The van der Waals surface area contributed by atoms with Crippen molar-refractivity contribution in [3.63, 3.8) is 0 Å². The number of nitrogens with one attached hydrogen (secondary N) is 1. The van der Waals surface area contributed by atoms with Gasteiger partial charge in [0.25, 0.3) is 0 Å². The zero-order valence-electron chi connectivity index (χ0n) is 11.8. The van der Waals surface area contributed by atoms with E-state index in [9.17, 15) is 9.59 Å². The molecule has 1 aliphatic rings. The molecule has 0 aromatic heterocycles. The van der Waals surface area contributed by atoms with Gasteiger partial charge in [0.15, 0.2) is 0 Å². The number of carbonyl (C=O) groups excluding carboxylic acids is 2.